The summed E-state index contributed by atoms with van der Waals surface area (Å²) in [7, 11) is 0. The molecule has 0 spiro atoms. The molecule has 0 radical (unpaired) electrons. The fourth-order valence-electron chi connectivity index (χ4n) is 1.06. The predicted molar refractivity (Wildman–Crippen MR) is 52.4 cm³/mol. The average Bonchev–Trinajstić information content (AvgIpc) is 1.56. The van der Waals surface area contributed by atoms with Gasteiger partial charge in [0.25, 0.3) is 0 Å². The van der Waals surface area contributed by atoms with Gasteiger partial charge in [-0.05, 0) is 0 Å². The van der Waals surface area contributed by atoms with Gasteiger partial charge in [-0.25, -0.2) is 0 Å². The molecule has 0 atom stereocenters. The summed E-state index contributed by atoms with van der Waals surface area (Å²) in [6.07, 6.45) is 1.23. The molecule has 0 fully saturated rings. The van der Waals surface area contributed by atoms with Crippen LogP contribution < -0.4 is 18.9 Å². The van der Waals surface area contributed by atoms with E-state index in [9.17, 15) is 0 Å². The maximum Gasteiger partial charge on any atom is 1.00 e. The van der Waals surface area contributed by atoms with Crippen LogP contribution in [0.4, 0.5) is 0 Å². The van der Waals surface area contributed by atoms with Crippen molar-refractivity contribution in [2.24, 2.45) is 10.8 Å². The van der Waals surface area contributed by atoms with Crippen LogP contribution in [0.1, 0.15) is 54.9 Å². The number of rotatable bonds is 1. The van der Waals surface area contributed by atoms with Gasteiger partial charge < -0.3 is 5.92 Å². The molecule has 0 heterocycles. The molecule has 1 heteroatoms. The van der Waals surface area contributed by atoms with Crippen LogP contribution in [-0.2, 0) is 0 Å². The molecule has 0 bridgehead atoms. The Morgan fingerprint density at radius 1 is 0.917 bits per heavy atom. The van der Waals surface area contributed by atoms with Crippen molar-refractivity contribution in [3.63, 3.8) is 0 Å². The second kappa shape index (κ2) is 4.73. The Morgan fingerprint density at radius 3 is 1.33 bits per heavy atom. The first-order chi connectivity index (χ1) is 4.63. The van der Waals surface area contributed by atoms with Gasteiger partial charge in [0.1, 0.15) is 0 Å². The van der Waals surface area contributed by atoms with Crippen LogP contribution in [0.15, 0.2) is 0 Å². The fourth-order valence-corrected chi connectivity index (χ4v) is 1.06. The molecule has 12 heavy (non-hydrogen) atoms. The largest absolute Gasteiger partial charge is 1.00 e. The van der Waals surface area contributed by atoms with Crippen molar-refractivity contribution in [3.8, 4) is 0 Å². The smallest absolute Gasteiger partial charge is 0.311 e. The Kier molecular flexibility index (Phi) is 5.94. The standard InChI is InChI=1S/C11H23.Li/c1-9(11(5,6)7)8-10(2,3)4;/h8H2,1-7H3;/q-1;+1. The van der Waals surface area contributed by atoms with Crippen LogP contribution >= 0.6 is 0 Å². The molecule has 0 nitrogen and oxygen atoms in total. The quantitative estimate of drug-likeness (QED) is 0.399. The van der Waals surface area contributed by atoms with E-state index in [0.717, 1.165) is 0 Å². The van der Waals surface area contributed by atoms with Crippen molar-refractivity contribution < 1.29 is 18.9 Å². The van der Waals surface area contributed by atoms with Gasteiger partial charge >= 0.3 is 18.9 Å². The second-order valence-corrected chi connectivity index (χ2v) is 5.77. The molecule has 0 amide bonds. The SMILES string of the molecule is C[C-](CC(C)(C)C)C(C)(C)C.[Li+]. The van der Waals surface area contributed by atoms with E-state index in [2.05, 4.69) is 48.5 Å². The van der Waals surface area contributed by atoms with E-state index in [1.54, 1.807) is 5.92 Å². The molecule has 0 N–H and O–H groups in total. The minimum absolute atomic E-state index is 0. The molecule has 0 aliphatic rings. The Bertz CT molecular complexity index is 114. The van der Waals surface area contributed by atoms with Crippen LogP contribution in [0.2, 0.25) is 0 Å². The van der Waals surface area contributed by atoms with Gasteiger partial charge in [-0.15, -0.1) is 0 Å². The van der Waals surface area contributed by atoms with Gasteiger partial charge in [-0.2, -0.15) is 18.8 Å². The summed E-state index contributed by atoms with van der Waals surface area (Å²) in [6.45, 7) is 16.0. The van der Waals surface area contributed by atoms with E-state index in [1.807, 2.05) is 0 Å². The van der Waals surface area contributed by atoms with Gasteiger partial charge in [-0.3, -0.25) is 0 Å². The summed E-state index contributed by atoms with van der Waals surface area (Å²) in [5, 5.41) is 0. The maximum absolute atomic E-state index is 2.29. The van der Waals surface area contributed by atoms with Crippen molar-refractivity contribution >= 4 is 0 Å². The summed E-state index contributed by atoms with van der Waals surface area (Å²) in [6, 6.07) is 0. The summed E-state index contributed by atoms with van der Waals surface area (Å²) >= 11 is 0. The normalized spacial score (nSPS) is 13.0. The zero-order valence-corrected chi connectivity index (χ0v) is 10.2. The molecular formula is C11H23Li. The monoisotopic (exact) mass is 162 g/mol. The summed E-state index contributed by atoms with van der Waals surface area (Å²) in [5.74, 6) is 1.60. The zero-order chi connectivity index (χ0) is 9.28. The second-order valence-electron chi connectivity index (χ2n) is 5.77. The fraction of sp³-hybridized carbons (Fsp3) is 0.909. The van der Waals surface area contributed by atoms with Crippen molar-refractivity contribution in [1.82, 2.24) is 0 Å². The Morgan fingerprint density at radius 2 is 1.25 bits per heavy atom. The van der Waals surface area contributed by atoms with Gasteiger partial charge in [0.05, 0.1) is 0 Å². The minimum atomic E-state index is 0. The molecule has 0 aliphatic heterocycles. The topological polar surface area (TPSA) is 0 Å². The first-order valence-corrected chi connectivity index (χ1v) is 4.46. The van der Waals surface area contributed by atoms with Gasteiger partial charge in [0.2, 0.25) is 0 Å². The Hall–Kier alpha value is 0.597. The molecule has 0 aromatic carbocycles. The third-order valence-electron chi connectivity index (χ3n) is 2.08. The van der Waals surface area contributed by atoms with E-state index < -0.39 is 0 Å². The molecule has 0 aromatic heterocycles. The van der Waals surface area contributed by atoms with Crippen molar-refractivity contribution in [2.75, 3.05) is 0 Å². The summed E-state index contributed by atoms with van der Waals surface area (Å²) in [4.78, 5) is 0. The van der Waals surface area contributed by atoms with E-state index in [1.165, 1.54) is 6.42 Å². The molecule has 0 saturated heterocycles. The van der Waals surface area contributed by atoms with Crippen molar-refractivity contribution in [1.29, 1.82) is 0 Å². The molecular weight excluding hydrogens is 139 g/mol. The molecule has 0 saturated carbocycles. The van der Waals surface area contributed by atoms with Crippen LogP contribution in [0.5, 0.6) is 0 Å². The van der Waals surface area contributed by atoms with Crippen molar-refractivity contribution in [2.45, 2.75) is 54.9 Å². The molecule has 0 unspecified atom stereocenters. The van der Waals surface area contributed by atoms with Gasteiger partial charge in [-0.1, -0.05) is 47.0 Å². The average molecular weight is 162 g/mol. The number of hydrogen-bond donors (Lipinski definition) is 0. The Balaban J connectivity index is 0. The van der Waals surface area contributed by atoms with Crippen molar-refractivity contribution in [3.05, 3.63) is 5.92 Å². The minimum Gasteiger partial charge on any atom is -0.311 e. The van der Waals surface area contributed by atoms with Crippen LogP contribution in [0.25, 0.3) is 0 Å². The summed E-state index contributed by atoms with van der Waals surface area (Å²) in [5.41, 5.74) is 0.824. The first kappa shape index (κ1) is 15.1. The molecule has 0 aliphatic carbocycles. The summed E-state index contributed by atoms with van der Waals surface area (Å²) < 4.78 is 0. The molecule has 68 valence electrons. The van der Waals surface area contributed by atoms with Crippen LogP contribution in [0.3, 0.4) is 0 Å². The van der Waals surface area contributed by atoms with E-state index in [4.69, 9.17) is 0 Å². The van der Waals surface area contributed by atoms with E-state index in [0.29, 0.717) is 10.8 Å². The number of hydrogen-bond acceptors (Lipinski definition) is 0. The van der Waals surface area contributed by atoms with Crippen LogP contribution in [-0.4, -0.2) is 0 Å². The van der Waals surface area contributed by atoms with Gasteiger partial charge in [0.15, 0.2) is 0 Å². The van der Waals surface area contributed by atoms with Gasteiger partial charge in [0, 0.05) is 0 Å². The van der Waals surface area contributed by atoms with Crippen LogP contribution in [0, 0.1) is 16.7 Å². The Labute approximate surface area is 90.7 Å². The molecule has 0 rings (SSSR count). The van der Waals surface area contributed by atoms with E-state index in [-0.39, 0.29) is 18.9 Å². The zero-order valence-electron chi connectivity index (χ0n) is 10.2. The predicted octanol–water partition coefficient (Wildman–Crippen LogP) is 1.07. The maximum atomic E-state index is 2.29. The van der Waals surface area contributed by atoms with E-state index >= 15 is 0 Å². The third-order valence-corrected chi connectivity index (χ3v) is 2.08. The third kappa shape index (κ3) is 7.26. The molecule has 0 aromatic rings. The first-order valence-electron chi connectivity index (χ1n) is 4.46.